The van der Waals surface area contributed by atoms with E-state index >= 15 is 0 Å². The van der Waals surface area contributed by atoms with Crippen LogP contribution in [0.1, 0.15) is 45.2 Å². The first-order valence-corrected chi connectivity index (χ1v) is 10.9. The molecular formula is C25H33FN2O4. The van der Waals surface area contributed by atoms with Gasteiger partial charge < -0.3 is 20.3 Å². The van der Waals surface area contributed by atoms with Crippen molar-refractivity contribution < 1.29 is 23.8 Å². The number of ether oxygens (including phenoxy) is 2. The van der Waals surface area contributed by atoms with Crippen molar-refractivity contribution in [2.24, 2.45) is 5.73 Å². The lowest BCUT2D eigenvalue weighted by molar-refractivity contribution is -0.120. The van der Waals surface area contributed by atoms with E-state index in [0.717, 1.165) is 11.1 Å². The number of hydrogen-bond acceptors (Lipinski definition) is 5. The number of halogens is 1. The molecule has 1 heterocycles. The number of likely N-dealkylation sites (tertiary alicyclic amines) is 1. The Morgan fingerprint density at radius 3 is 2.69 bits per heavy atom. The van der Waals surface area contributed by atoms with Gasteiger partial charge in [0.25, 0.3) is 5.91 Å². The van der Waals surface area contributed by atoms with Gasteiger partial charge in [0, 0.05) is 31.3 Å². The highest BCUT2D eigenvalue weighted by Gasteiger charge is 2.39. The number of nitrogens with two attached hydrogens (primary N) is 1. The Kier molecular flexibility index (Phi) is 7.10. The molecule has 0 unspecified atom stereocenters. The fraction of sp³-hybridized carbons (Fsp3) is 0.480. The topological polar surface area (TPSA) is 85.0 Å². The van der Waals surface area contributed by atoms with Gasteiger partial charge in [0.15, 0.2) is 6.61 Å². The summed E-state index contributed by atoms with van der Waals surface area (Å²) in [5, 5.41) is 10.9. The Balaban J connectivity index is 1.78. The Morgan fingerprint density at radius 1 is 1.28 bits per heavy atom. The van der Waals surface area contributed by atoms with Gasteiger partial charge in [-0.3, -0.25) is 9.69 Å². The van der Waals surface area contributed by atoms with Gasteiger partial charge >= 0.3 is 0 Å². The largest absolute Gasteiger partial charge is 0.486 e. The molecule has 0 saturated carbocycles. The number of benzene rings is 2. The number of nitrogens with zero attached hydrogens (tertiary/aromatic N) is 1. The van der Waals surface area contributed by atoms with Gasteiger partial charge in [-0.1, -0.05) is 39.0 Å². The molecule has 1 aliphatic rings. The summed E-state index contributed by atoms with van der Waals surface area (Å²) in [5.41, 5.74) is 6.19. The minimum absolute atomic E-state index is 0.0723. The summed E-state index contributed by atoms with van der Waals surface area (Å²) >= 11 is 0. The fourth-order valence-electron chi connectivity index (χ4n) is 3.76. The number of carbonyl (C=O) groups excluding carboxylic acids is 1. The third-order valence-electron chi connectivity index (χ3n) is 5.82. The van der Waals surface area contributed by atoms with Gasteiger partial charge in [0.2, 0.25) is 0 Å². The standard InChI is InChI=1S/C25H33FN2O4/c1-24(2,3)18-9-8-17(21(12-18)31-16-23(27)29)14-28-11-10-25(4,30)22(15-28)32-20-7-5-6-19(26)13-20/h5-9,12-13,22,30H,10-11,14-16H2,1-4H3,(H2,27,29)/t22-,25-/m0/s1. The summed E-state index contributed by atoms with van der Waals surface area (Å²) in [6.07, 6.45) is -0.0215. The van der Waals surface area contributed by atoms with Gasteiger partial charge in [-0.25, -0.2) is 4.39 Å². The van der Waals surface area contributed by atoms with E-state index in [4.69, 9.17) is 15.2 Å². The molecule has 3 rings (SSSR count). The number of aliphatic hydroxyl groups is 1. The highest BCUT2D eigenvalue weighted by molar-refractivity contribution is 5.75. The molecule has 0 radical (unpaired) electrons. The van der Waals surface area contributed by atoms with E-state index in [1.807, 2.05) is 12.1 Å². The molecule has 32 heavy (non-hydrogen) atoms. The maximum atomic E-state index is 13.6. The second-order valence-electron chi connectivity index (χ2n) is 9.73. The van der Waals surface area contributed by atoms with E-state index in [1.165, 1.54) is 12.1 Å². The number of primary amides is 1. The van der Waals surface area contributed by atoms with Gasteiger partial charge in [-0.2, -0.15) is 0 Å². The van der Waals surface area contributed by atoms with Crippen LogP contribution in [-0.4, -0.2) is 47.3 Å². The smallest absolute Gasteiger partial charge is 0.255 e. The minimum atomic E-state index is -1.04. The quantitative estimate of drug-likeness (QED) is 0.684. The molecule has 6 nitrogen and oxygen atoms in total. The lowest BCUT2D eigenvalue weighted by atomic mass is 9.86. The number of carbonyl (C=O) groups is 1. The zero-order valence-electron chi connectivity index (χ0n) is 19.2. The van der Waals surface area contributed by atoms with E-state index in [1.54, 1.807) is 19.1 Å². The summed E-state index contributed by atoms with van der Waals surface area (Å²) in [4.78, 5) is 13.4. The number of rotatable bonds is 7. The van der Waals surface area contributed by atoms with Crippen molar-refractivity contribution in [2.75, 3.05) is 19.7 Å². The number of piperidine rings is 1. The number of amides is 1. The van der Waals surface area contributed by atoms with Crippen molar-refractivity contribution in [3.8, 4) is 11.5 Å². The molecular weight excluding hydrogens is 411 g/mol. The zero-order chi connectivity index (χ0) is 23.5. The van der Waals surface area contributed by atoms with Crippen molar-refractivity contribution in [3.05, 3.63) is 59.4 Å². The van der Waals surface area contributed by atoms with E-state index in [9.17, 15) is 14.3 Å². The summed E-state index contributed by atoms with van der Waals surface area (Å²) < 4.78 is 25.3. The first-order valence-electron chi connectivity index (χ1n) is 10.9. The van der Waals surface area contributed by atoms with Gasteiger partial charge in [-0.05, 0) is 42.5 Å². The predicted molar refractivity (Wildman–Crippen MR) is 121 cm³/mol. The molecule has 1 amide bonds. The van der Waals surface area contributed by atoms with Crippen LogP contribution in [0.4, 0.5) is 4.39 Å². The van der Waals surface area contributed by atoms with E-state index in [-0.39, 0.29) is 17.8 Å². The van der Waals surface area contributed by atoms with Crippen LogP contribution in [0.3, 0.4) is 0 Å². The lowest BCUT2D eigenvalue weighted by Gasteiger charge is -2.42. The van der Waals surface area contributed by atoms with Crippen molar-refractivity contribution in [2.45, 2.75) is 57.8 Å². The molecule has 2 aromatic carbocycles. The second-order valence-corrected chi connectivity index (χ2v) is 9.73. The third-order valence-corrected chi connectivity index (χ3v) is 5.82. The maximum Gasteiger partial charge on any atom is 0.255 e. The van der Waals surface area contributed by atoms with Gasteiger partial charge in [0.1, 0.15) is 29.0 Å². The molecule has 0 aromatic heterocycles. The average molecular weight is 445 g/mol. The van der Waals surface area contributed by atoms with Crippen LogP contribution in [0.15, 0.2) is 42.5 Å². The van der Waals surface area contributed by atoms with Crippen LogP contribution in [0.2, 0.25) is 0 Å². The molecule has 1 saturated heterocycles. The molecule has 0 aliphatic carbocycles. The van der Waals surface area contributed by atoms with Crippen LogP contribution in [0.5, 0.6) is 11.5 Å². The maximum absolute atomic E-state index is 13.6. The molecule has 2 aromatic rings. The Bertz CT molecular complexity index is 955. The SMILES string of the molecule is CC(C)(C)c1ccc(CN2CC[C@](C)(O)[C@@H](Oc3cccc(F)c3)C2)c(OCC(N)=O)c1. The van der Waals surface area contributed by atoms with E-state index < -0.39 is 17.6 Å². The molecule has 3 N–H and O–H groups in total. The molecule has 0 spiro atoms. The highest BCUT2D eigenvalue weighted by atomic mass is 19.1. The summed E-state index contributed by atoms with van der Waals surface area (Å²) in [7, 11) is 0. The van der Waals surface area contributed by atoms with E-state index in [0.29, 0.717) is 37.6 Å². The molecule has 174 valence electrons. The normalized spacial score (nSPS) is 21.9. The molecule has 1 fully saturated rings. The third kappa shape index (κ3) is 6.20. The van der Waals surface area contributed by atoms with Crippen LogP contribution >= 0.6 is 0 Å². The van der Waals surface area contributed by atoms with Crippen LogP contribution < -0.4 is 15.2 Å². The van der Waals surface area contributed by atoms with Crippen LogP contribution in [0.25, 0.3) is 0 Å². The molecule has 1 aliphatic heterocycles. The summed E-state index contributed by atoms with van der Waals surface area (Å²) in [6, 6.07) is 12.0. The van der Waals surface area contributed by atoms with Gasteiger partial charge in [-0.15, -0.1) is 0 Å². The first kappa shape index (κ1) is 24.0. The van der Waals surface area contributed by atoms with Crippen molar-refractivity contribution in [3.63, 3.8) is 0 Å². The monoisotopic (exact) mass is 444 g/mol. The average Bonchev–Trinajstić information content (AvgIpc) is 2.69. The Labute approximate surface area is 189 Å². The van der Waals surface area contributed by atoms with Crippen LogP contribution in [-0.2, 0) is 16.8 Å². The number of hydrogen-bond donors (Lipinski definition) is 2. The van der Waals surface area contributed by atoms with Gasteiger partial charge in [0.05, 0.1) is 0 Å². The predicted octanol–water partition coefficient (Wildman–Crippen LogP) is 3.39. The molecule has 2 atom stereocenters. The first-order chi connectivity index (χ1) is 14.9. The Morgan fingerprint density at radius 2 is 2.03 bits per heavy atom. The molecule has 0 bridgehead atoms. The highest BCUT2D eigenvalue weighted by Crippen LogP contribution is 2.32. The summed E-state index contributed by atoms with van der Waals surface area (Å²) in [6.45, 7) is 9.56. The lowest BCUT2D eigenvalue weighted by Crippen LogP contribution is -2.56. The zero-order valence-corrected chi connectivity index (χ0v) is 19.2. The van der Waals surface area contributed by atoms with E-state index in [2.05, 4.69) is 31.7 Å². The van der Waals surface area contributed by atoms with Crippen molar-refractivity contribution >= 4 is 5.91 Å². The second kappa shape index (κ2) is 9.46. The van der Waals surface area contributed by atoms with Crippen molar-refractivity contribution in [1.82, 2.24) is 4.90 Å². The fourth-order valence-corrected chi connectivity index (χ4v) is 3.76. The minimum Gasteiger partial charge on any atom is -0.486 e. The van der Waals surface area contributed by atoms with Crippen molar-refractivity contribution in [1.29, 1.82) is 0 Å². The van der Waals surface area contributed by atoms with Crippen LogP contribution in [0, 0.1) is 5.82 Å². The molecule has 7 heteroatoms. The Hall–Kier alpha value is -2.64. The summed E-state index contributed by atoms with van der Waals surface area (Å²) in [5.74, 6) is 0.0907.